The first-order valence-electron chi connectivity index (χ1n) is 5.19. The van der Waals surface area contributed by atoms with Crippen LogP contribution in [-0.2, 0) is 4.74 Å². The Balaban J connectivity index is 1.96. The fraction of sp³-hybridized carbons (Fsp3) is 0.600. The van der Waals surface area contributed by atoms with E-state index >= 15 is 0 Å². The van der Waals surface area contributed by atoms with Crippen molar-refractivity contribution in [1.82, 2.24) is 9.97 Å². The second-order valence-corrected chi connectivity index (χ2v) is 3.88. The van der Waals surface area contributed by atoms with Crippen molar-refractivity contribution >= 4 is 11.6 Å². The van der Waals surface area contributed by atoms with Gasteiger partial charge in [-0.2, -0.15) is 0 Å². The first-order valence-corrected chi connectivity index (χ1v) is 5.19. The summed E-state index contributed by atoms with van der Waals surface area (Å²) in [5, 5.41) is 3.32. The Morgan fingerprint density at radius 1 is 1.53 bits per heavy atom. The van der Waals surface area contributed by atoms with Crippen LogP contribution in [0.25, 0.3) is 0 Å². The van der Waals surface area contributed by atoms with Crippen LogP contribution in [0.5, 0.6) is 0 Å². The molecule has 2 rings (SSSR count). The number of nitrogens with two attached hydrogens (primary N) is 1. The molecule has 82 valence electrons. The van der Waals surface area contributed by atoms with Crippen molar-refractivity contribution in [3.8, 4) is 0 Å². The molecule has 15 heavy (non-hydrogen) atoms. The lowest BCUT2D eigenvalue weighted by Crippen LogP contribution is -2.32. The van der Waals surface area contributed by atoms with Gasteiger partial charge < -0.3 is 15.8 Å². The summed E-state index contributed by atoms with van der Waals surface area (Å²) in [5.74, 6) is 1.19. The molecule has 1 aliphatic rings. The highest BCUT2D eigenvalue weighted by molar-refractivity contribution is 5.39. The van der Waals surface area contributed by atoms with Crippen LogP contribution in [0.3, 0.4) is 0 Å². The van der Waals surface area contributed by atoms with Gasteiger partial charge in [0, 0.05) is 12.6 Å². The molecule has 0 amide bonds. The van der Waals surface area contributed by atoms with E-state index in [0.717, 1.165) is 25.3 Å². The highest BCUT2D eigenvalue weighted by Gasteiger charge is 2.19. The van der Waals surface area contributed by atoms with Crippen LogP contribution in [0.1, 0.15) is 19.8 Å². The minimum atomic E-state index is 0.310. The Morgan fingerprint density at radius 3 is 3.13 bits per heavy atom. The van der Waals surface area contributed by atoms with E-state index in [9.17, 15) is 0 Å². The smallest absolute Gasteiger partial charge is 0.147 e. The van der Waals surface area contributed by atoms with Crippen LogP contribution >= 0.6 is 0 Å². The highest BCUT2D eigenvalue weighted by atomic mass is 16.5. The lowest BCUT2D eigenvalue weighted by atomic mass is 10.0. The molecular weight excluding hydrogens is 192 g/mol. The Morgan fingerprint density at radius 2 is 2.40 bits per heavy atom. The van der Waals surface area contributed by atoms with Gasteiger partial charge in [0.05, 0.1) is 18.5 Å². The molecule has 2 atom stereocenters. The van der Waals surface area contributed by atoms with E-state index in [1.165, 1.54) is 6.20 Å². The van der Waals surface area contributed by atoms with E-state index in [1.807, 2.05) is 0 Å². The maximum atomic E-state index is 5.55. The molecule has 1 saturated heterocycles. The summed E-state index contributed by atoms with van der Waals surface area (Å²) in [4.78, 5) is 8.14. The van der Waals surface area contributed by atoms with E-state index in [4.69, 9.17) is 10.5 Å². The average Bonchev–Trinajstić information content (AvgIpc) is 2.17. The Bertz CT molecular complexity index is 331. The molecule has 0 aliphatic carbocycles. The van der Waals surface area contributed by atoms with Gasteiger partial charge in [-0.1, -0.05) is 0 Å². The first kappa shape index (κ1) is 10.2. The zero-order chi connectivity index (χ0) is 10.7. The molecule has 1 fully saturated rings. The summed E-state index contributed by atoms with van der Waals surface area (Å²) >= 11 is 0. The summed E-state index contributed by atoms with van der Waals surface area (Å²) in [7, 11) is 0. The maximum Gasteiger partial charge on any atom is 0.147 e. The predicted octanol–water partition coefficient (Wildman–Crippen LogP) is 1.04. The van der Waals surface area contributed by atoms with Crippen LogP contribution < -0.4 is 11.1 Å². The number of ether oxygens (including phenoxy) is 1. The SMILES string of the molecule is CC1CC(Nc2cncc(N)n2)CCO1. The number of aromatic nitrogens is 2. The van der Waals surface area contributed by atoms with Crippen LogP contribution in [0.4, 0.5) is 11.6 Å². The van der Waals surface area contributed by atoms with Crippen molar-refractivity contribution in [1.29, 1.82) is 0 Å². The fourth-order valence-corrected chi connectivity index (χ4v) is 1.79. The molecule has 0 aromatic carbocycles. The largest absolute Gasteiger partial charge is 0.382 e. The van der Waals surface area contributed by atoms with Crippen LogP contribution in [0.2, 0.25) is 0 Å². The molecule has 2 heterocycles. The molecule has 0 saturated carbocycles. The number of nitrogen functional groups attached to an aromatic ring is 1. The lowest BCUT2D eigenvalue weighted by molar-refractivity contribution is 0.0232. The third-order valence-electron chi connectivity index (χ3n) is 2.49. The van der Waals surface area contributed by atoms with E-state index in [2.05, 4.69) is 22.2 Å². The summed E-state index contributed by atoms with van der Waals surface area (Å²) < 4.78 is 5.47. The summed E-state index contributed by atoms with van der Waals surface area (Å²) in [6.45, 7) is 2.88. The van der Waals surface area contributed by atoms with Crippen molar-refractivity contribution in [3.63, 3.8) is 0 Å². The number of hydrogen-bond donors (Lipinski definition) is 2. The monoisotopic (exact) mass is 208 g/mol. The molecule has 1 aliphatic heterocycles. The summed E-state index contributed by atoms with van der Waals surface area (Å²) in [6, 6.07) is 0.407. The Labute approximate surface area is 89.1 Å². The first-order chi connectivity index (χ1) is 7.24. The molecule has 3 N–H and O–H groups in total. The third-order valence-corrected chi connectivity index (χ3v) is 2.49. The van der Waals surface area contributed by atoms with Gasteiger partial charge in [-0.15, -0.1) is 0 Å². The minimum Gasteiger partial charge on any atom is -0.382 e. The molecule has 5 nitrogen and oxygen atoms in total. The zero-order valence-electron chi connectivity index (χ0n) is 8.81. The Kier molecular flexibility index (Phi) is 3.01. The van der Waals surface area contributed by atoms with Gasteiger partial charge in [0.15, 0.2) is 0 Å². The Hall–Kier alpha value is -1.36. The van der Waals surface area contributed by atoms with Gasteiger partial charge in [-0.05, 0) is 19.8 Å². The number of rotatable bonds is 2. The topological polar surface area (TPSA) is 73.1 Å². The number of nitrogens with zero attached hydrogens (tertiary/aromatic N) is 2. The third kappa shape index (κ3) is 2.79. The normalized spacial score (nSPS) is 26.2. The van der Waals surface area contributed by atoms with Crippen LogP contribution in [0, 0.1) is 0 Å². The second-order valence-electron chi connectivity index (χ2n) is 3.88. The van der Waals surface area contributed by atoms with E-state index in [0.29, 0.717) is 18.0 Å². The van der Waals surface area contributed by atoms with Gasteiger partial charge in [0.1, 0.15) is 11.6 Å². The fourth-order valence-electron chi connectivity index (χ4n) is 1.79. The van der Waals surface area contributed by atoms with Crippen LogP contribution in [-0.4, -0.2) is 28.7 Å². The molecule has 0 bridgehead atoms. The predicted molar refractivity (Wildman–Crippen MR) is 58.5 cm³/mol. The quantitative estimate of drug-likeness (QED) is 0.759. The molecule has 2 unspecified atom stereocenters. The summed E-state index contributed by atoms with van der Waals surface area (Å²) in [6.07, 6.45) is 5.54. The van der Waals surface area contributed by atoms with Gasteiger partial charge >= 0.3 is 0 Å². The van der Waals surface area contributed by atoms with E-state index in [1.54, 1.807) is 6.20 Å². The molecule has 5 heteroatoms. The highest BCUT2D eigenvalue weighted by Crippen LogP contribution is 2.17. The van der Waals surface area contributed by atoms with Crippen molar-refractivity contribution in [3.05, 3.63) is 12.4 Å². The van der Waals surface area contributed by atoms with Gasteiger partial charge in [-0.3, -0.25) is 4.98 Å². The average molecular weight is 208 g/mol. The van der Waals surface area contributed by atoms with E-state index in [-0.39, 0.29) is 0 Å². The second kappa shape index (κ2) is 4.44. The molecule has 1 aromatic rings. The zero-order valence-corrected chi connectivity index (χ0v) is 8.81. The number of hydrogen-bond acceptors (Lipinski definition) is 5. The minimum absolute atomic E-state index is 0.310. The van der Waals surface area contributed by atoms with Crippen molar-refractivity contribution in [2.24, 2.45) is 0 Å². The van der Waals surface area contributed by atoms with Crippen molar-refractivity contribution in [2.45, 2.75) is 31.9 Å². The maximum absolute atomic E-state index is 5.55. The summed E-state index contributed by atoms with van der Waals surface area (Å²) in [5.41, 5.74) is 5.55. The van der Waals surface area contributed by atoms with Gasteiger partial charge in [0.2, 0.25) is 0 Å². The van der Waals surface area contributed by atoms with Gasteiger partial charge in [0.25, 0.3) is 0 Å². The molecule has 0 spiro atoms. The lowest BCUT2D eigenvalue weighted by Gasteiger charge is -2.28. The van der Waals surface area contributed by atoms with Crippen molar-refractivity contribution in [2.75, 3.05) is 17.7 Å². The molecule has 1 aromatic heterocycles. The number of anilines is 2. The number of nitrogens with one attached hydrogen (secondary N) is 1. The molecule has 0 radical (unpaired) electrons. The van der Waals surface area contributed by atoms with E-state index < -0.39 is 0 Å². The van der Waals surface area contributed by atoms with Crippen molar-refractivity contribution < 1.29 is 4.74 Å². The molecular formula is C10H16N4O. The standard InChI is InChI=1S/C10H16N4O/c1-7-4-8(2-3-15-7)13-10-6-12-5-9(11)14-10/h5-8H,2-4H2,1H3,(H3,11,13,14). The van der Waals surface area contributed by atoms with Gasteiger partial charge in [-0.25, -0.2) is 4.98 Å². The van der Waals surface area contributed by atoms with Crippen LogP contribution in [0.15, 0.2) is 12.4 Å².